The fourth-order valence-corrected chi connectivity index (χ4v) is 11.2. The molecule has 0 aromatic carbocycles. The molecule has 6 aliphatic carbocycles. The van der Waals surface area contributed by atoms with E-state index in [-0.39, 0.29) is 68.1 Å². The van der Waals surface area contributed by atoms with Crippen molar-refractivity contribution >= 4 is 57.4 Å². The number of rotatable bonds is 4. The van der Waals surface area contributed by atoms with Gasteiger partial charge in [-0.05, 0) is 122 Å². The van der Waals surface area contributed by atoms with Crippen molar-refractivity contribution < 1.29 is 19.8 Å². The minimum atomic E-state index is -0.838. The fourth-order valence-electron chi connectivity index (χ4n) is 11.2. The summed E-state index contributed by atoms with van der Waals surface area (Å²) in [6.07, 6.45) is 21.9. The number of fused-ring (bicyclic) bond motifs is 6. The number of allylic oxidation sites excluding steroid dienone is 8. The van der Waals surface area contributed by atoms with E-state index in [1.54, 1.807) is 11.1 Å². The van der Waals surface area contributed by atoms with Crippen molar-refractivity contribution in [1.29, 1.82) is 0 Å². The van der Waals surface area contributed by atoms with E-state index in [0.717, 1.165) is 51.4 Å². The number of hydrogen-bond donors (Lipinski definition) is 0. The van der Waals surface area contributed by atoms with Crippen molar-refractivity contribution in [1.82, 2.24) is 0 Å². The molecule has 0 aromatic rings. The van der Waals surface area contributed by atoms with Crippen LogP contribution < -0.4 is 10.2 Å². The van der Waals surface area contributed by atoms with Gasteiger partial charge in [-0.1, -0.05) is 104 Å². The monoisotopic (exact) mass is 690 g/mol. The summed E-state index contributed by atoms with van der Waals surface area (Å²) in [6.45, 7) is 17.7. The van der Waals surface area contributed by atoms with Gasteiger partial charge in [0.15, 0.2) is 0 Å². The van der Waals surface area contributed by atoms with Crippen LogP contribution in [0.2, 0.25) is 0 Å². The molecule has 0 spiro atoms. The van der Waals surface area contributed by atoms with Crippen molar-refractivity contribution in [3.05, 3.63) is 46.6 Å². The zero-order chi connectivity index (χ0) is 32.2. The van der Waals surface area contributed by atoms with E-state index >= 15 is 0 Å². The molecule has 0 heterocycles. The van der Waals surface area contributed by atoms with Gasteiger partial charge in [-0.3, -0.25) is 0 Å². The van der Waals surface area contributed by atoms with Crippen LogP contribution in [0.25, 0.3) is 0 Å². The van der Waals surface area contributed by atoms with Crippen LogP contribution >= 0.6 is 0 Å². The van der Waals surface area contributed by atoms with E-state index in [0.29, 0.717) is 23.7 Å². The SMILES string of the molecule is CC(C)C1=CC2=CC[C@@H]3[C@](C)(CCC[C@@]3(C)C(=O)[O-])[C@H]2CC1.CC(C)C1=CC2=CC[C@@H]3[C@](C)(CCC[C@@]3(C)C(=O)[O-])[C@H]2CC1.[Sr+2]. The first-order valence-corrected chi connectivity index (χ1v) is 17.8. The van der Waals surface area contributed by atoms with Crippen LogP contribution in [0.15, 0.2) is 46.6 Å². The molecule has 0 N–H and O–H groups in total. The molecule has 2 saturated carbocycles. The Hall–Kier alpha value is -0.619. The molecular weight excluding hydrogens is 632 g/mol. The van der Waals surface area contributed by atoms with E-state index in [9.17, 15) is 19.8 Å². The average molecular weight is 691 g/mol. The maximum atomic E-state index is 11.8. The van der Waals surface area contributed by atoms with Gasteiger partial charge in [0.25, 0.3) is 0 Å². The minimum Gasteiger partial charge on any atom is -0.550 e. The zero-order valence-corrected chi connectivity index (χ0v) is 33.1. The van der Waals surface area contributed by atoms with Crippen LogP contribution in [0.1, 0.15) is 132 Å². The first-order valence-electron chi connectivity index (χ1n) is 17.8. The number of carbonyl (C=O) groups is 2. The molecule has 8 atom stereocenters. The predicted molar refractivity (Wildman–Crippen MR) is 180 cm³/mol. The first kappa shape index (κ1) is 37.2. The number of hydrogen-bond acceptors (Lipinski definition) is 4. The van der Waals surface area contributed by atoms with Gasteiger partial charge in [-0.25, -0.2) is 0 Å². The molecule has 0 amide bonds. The minimum absolute atomic E-state index is 0. The molecule has 244 valence electrons. The van der Waals surface area contributed by atoms with Gasteiger partial charge in [0.05, 0.1) is 0 Å². The third-order valence-electron chi connectivity index (χ3n) is 14.1. The Bertz CT molecular complexity index is 1190. The summed E-state index contributed by atoms with van der Waals surface area (Å²) in [5.74, 6) is 1.08. The second-order valence-corrected chi connectivity index (χ2v) is 17.0. The second-order valence-electron chi connectivity index (χ2n) is 17.0. The van der Waals surface area contributed by atoms with Crippen molar-refractivity contribution in [2.45, 2.75) is 132 Å². The molecular formula is C40H58O4Sr. The molecule has 45 heavy (non-hydrogen) atoms. The number of carboxylic acid groups (broad SMARTS) is 2. The van der Waals surface area contributed by atoms with Crippen LogP contribution in [-0.2, 0) is 9.59 Å². The molecule has 0 aromatic heterocycles. The van der Waals surface area contributed by atoms with Gasteiger partial charge in [0, 0.05) is 22.8 Å². The second kappa shape index (κ2) is 13.7. The standard InChI is InChI=1S/2C20H30O2.Sr/c2*1-13(2)14-6-8-16-15(12-14)7-9-17-19(16,3)10-5-11-20(17,4)18(21)22;/h2*7,12-13,16-17H,5-6,8-11H2,1-4H3,(H,21,22);/q;;+2/p-2/t2*16-,17+,19+,20+;/m00./s1. The molecule has 0 radical (unpaired) electrons. The van der Waals surface area contributed by atoms with Gasteiger partial charge in [-0.2, -0.15) is 0 Å². The molecule has 4 nitrogen and oxygen atoms in total. The quantitative estimate of drug-likeness (QED) is 0.289. The molecule has 0 aliphatic heterocycles. The van der Waals surface area contributed by atoms with Crippen LogP contribution in [0.5, 0.6) is 0 Å². The molecule has 6 rings (SSSR count). The van der Waals surface area contributed by atoms with E-state index in [4.69, 9.17) is 0 Å². The van der Waals surface area contributed by atoms with Crippen molar-refractivity contribution in [2.24, 2.45) is 57.2 Å². The zero-order valence-electron chi connectivity index (χ0n) is 29.6. The van der Waals surface area contributed by atoms with Crippen LogP contribution in [-0.4, -0.2) is 57.4 Å². The van der Waals surface area contributed by atoms with Crippen LogP contribution in [0.3, 0.4) is 0 Å². The van der Waals surface area contributed by atoms with E-state index < -0.39 is 22.8 Å². The van der Waals surface area contributed by atoms with Gasteiger partial charge in [0.1, 0.15) is 0 Å². The van der Waals surface area contributed by atoms with Gasteiger partial charge in [-0.15, -0.1) is 0 Å². The molecule has 0 unspecified atom stereocenters. The smallest absolute Gasteiger partial charge is 0.550 e. The van der Waals surface area contributed by atoms with Crippen LogP contribution in [0.4, 0.5) is 0 Å². The van der Waals surface area contributed by atoms with Gasteiger partial charge >= 0.3 is 45.5 Å². The van der Waals surface area contributed by atoms with E-state index in [2.05, 4.69) is 65.8 Å². The maximum absolute atomic E-state index is 11.8. The van der Waals surface area contributed by atoms with Crippen molar-refractivity contribution in [2.75, 3.05) is 0 Å². The Balaban J connectivity index is 0.000000200. The molecule has 0 saturated heterocycles. The average Bonchev–Trinajstić information content (AvgIpc) is 2.96. The van der Waals surface area contributed by atoms with Crippen LogP contribution in [0, 0.1) is 57.2 Å². The Morgan fingerprint density at radius 3 is 1.33 bits per heavy atom. The van der Waals surface area contributed by atoms with Gasteiger partial charge in [0.2, 0.25) is 0 Å². The summed E-state index contributed by atoms with van der Waals surface area (Å²) in [6, 6.07) is 0. The number of aliphatic carboxylic acids is 2. The van der Waals surface area contributed by atoms with E-state index in [1.807, 2.05) is 13.8 Å². The first-order chi connectivity index (χ1) is 20.6. The van der Waals surface area contributed by atoms with E-state index in [1.165, 1.54) is 36.8 Å². The largest absolute Gasteiger partial charge is 2.00 e. The summed E-state index contributed by atoms with van der Waals surface area (Å²) in [4.78, 5) is 23.7. The normalized spacial score (nSPS) is 40.4. The molecule has 6 aliphatic rings. The molecule has 5 heteroatoms. The summed E-state index contributed by atoms with van der Waals surface area (Å²) in [5.41, 5.74) is 5.01. The summed E-state index contributed by atoms with van der Waals surface area (Å²) >= 11 is 0. The number of carboxylic acids is 2. The topological polar surface area (TPSA) is 80.3 Å². The summed E-state index contributed by atoms with van der Waals surface area (Å²) in [5, 5.41) is 23.7. The van der Waals surface area contributed by atoms with Crippen molar-refractivity contribution in [3.63, 3.8) is 0 Å². The molecule has 2 fully saturated rings. The van der Waals surface area contributed by atoms with Gasteiger partial charge < -0.3 is 19.8 Å². The summed E-state index contributed by atoms with van der Waals surface area (Å²) < 4.78 is 0. The third kappa shape index (κ3) is 6.44. The third-order valence-corrected chi connectivity index (χ3v) is 14.1. The van der Waals surface area contributed by atoms with Crippen molar-refractivity contribution in [3.8, 4) is 0 Å². The Labute approximate surface area is 310 Å². The molecule has 0 bridgehead atoms. The fraction of sp³-hybridized carbons (Fsp3) is 0.750. The Morgan fingerprint density at radius 1 is 0.667 bits per heavy atom. The Kier molecular flexibility index (Phi) is 11.3. The Morgan fingerprint density at radius 2 is 1.02 bits per heavy atom. The predicted octanol–water partition coefficient (Wildman–Crippen LogP) is 7.36. The number of carbonyl (C=O) groups excluding carboxylic acids is 2. The summed E-state index contributed by atoms with van der Waals surface area (Å²) in [7, 11) is 0. The maximum Gasteiger partial charge on any atom is 2.00 e.